The number of aliphatic hydroxyl groups is 1. The Morgan fingerprint density at radius 2 is 2.21 bits per heavy atom. The van der Waals surface area contributed by atoms with Gasteiger partial charge in [0.1, 0.15) is 12.1 Å². The van der Waals surface area contributed by atoms with Crippen LogP contribution >= 0.6 is 0 Å². The lowest BCUT2D eigenvalue weighted by atomic mass is 9.95. The molecule has 24 heavy (non-hydrogen) atoms. The Labute approximate surface area is 141 Å². The van der Waals surface area contributed by atoms with Gasteiger partial charge in [0.15, 0.2) is 6.29 Å². The number of aromatic nitrogens is 2. The zero-order valence-electron chi connectivity index (χ0n) is 14.1. The van der Waals surface area contributed by atoms with E-state index in [4.69, 9.17) is 9.47 Å². The predicted octanol–water partition coefficient (Wildman–Crippen LogP) is 1.70. The molecule has 5 unspecified atom stereocenters. The van der Waals surface area contributed by atoms with Gasteiger partial charge in [-0.2, -0.15) is 0 Å². The second kappa shape index (κ2) is 6.44. The van der Waals surface area contributed by atoms with Gasteiger partial charge in [-0.05, 0) is 31.0 Å². The van der Waals surface area contributed by atoms with Crippen molar-refractivity contribution in [2.24, 2.45) is 5.92 Å². The van der Waals surface area contributed by atoms with Crippen molar-refractivity contribution in [3.05, 3.63) is 30.6 Å². The Hall–Kier alpha value is -1.47. The number of imidazole rings is 1. The summed E-state index contributed by atoms with van der Waals surface area (Å²) in [6.45, 7) is 5.78. The first-order chi connectivity index (χ1) is 11.6. The predicted molar refractivity (Wildman–Crippen MR) is 90.6 cm³/mol. The van der Waals surface area contributed by atoms with E-state index in [1.165, 1.54) is 0 Å². The lowest BCUT2D eigenvalue weighted by Gasteiger charge is -2.39. The van der Waals surface area contributed by atoms with Gasteiger partial charge in [0.05, 0.1) is 36.1 Å². The van der Waals surface area contributed by atoms with Crippen molar-refractivity contribution in [2.45, 2.75) is 50.8 Å². The summed E-state index contributed by atoms with van der Waals surface area (Å²) >= 11 is 0. The monoisotopic (exact) mass is 331 g/mol. The van der Waals surface area contributed by atoms with E-state index in [1.807, 2.05) is 28.8 Å². The molecule has 2 aliphatic rings. The van der Waals surface area contributed by atoms with Crippen LogP contribution in [0.5, 0.6) is 0 Å². The summed E-state index contributed by atoms with van der Waals surface area (Å²) in [5.74, 6) is 0.625. The molecule has 2 aliphatic heterocycles. The standard InChI is InChI=1S/C18H25N3O3/c1-11(2)7-8-19-15-14-9-23-18(24-14)16(17(15)22)21-10-20-12-5-3-4-6-13(12)21/h3-6,10-11,14-19,22H,7-9H2,1-2H3. The van der Waals surface area contributed by atoms with Gasteiger partial charge in [-0.1, -0.05) is 26.0 Å². The highest BCUT2D eigenvalue weighted by Gasteiger charge is 2.50. The van der Waals surface area contributed by atoms with Gasteiger partial charge in [-0.25, -0.2) is 4.98 Å². The summed E-state index contributed by atoms with van der Waals surface area (Å²) in [6.07, 6.45) is 1.74. The van der Waals surface area contributed by atoms with Crippen LogP contribution in [0.2, 0.25) is 0 Å². The van der Waals surface area contributed by atoms with Gasteiger partial charge >= 0.3 is 0 Å². The Morgan fingerprint density at radius 3 is 3.04 bits per heavy atom. The summed E-state index contributed by atoms with van der Waals surface area (Å²) < 4.78 is 13.8. The Balaban J connectivity index is 1.60. The van der Waals surface area contributed by atoms with Crippen LogP contribution in [0, 0.1) is 5.92 Å². The molecule has 0 radical (unpaired) electrons. The molecular weight excluding hydrogens is 306 g/mol. The minimum absolute atomic E-state index is 0.0943. The van der Waals surface area contributed by atoms with E-state index in [0.29, 0.717) is 12.5 Å². The maximum atomic E-state index is 11.0. The van der Waals surface area contributed by atoms with Gasteiger partial charge in [-0.3, -0.25) is 0 Å². The number of fused-ring (bicyclic) bond motifs is 3. The highest BCUT2D eigenvalue weighted by Crippen LogP contribution is 2.37. The van der Waals surface area contributed by atoms with Crippen molar-refractivity contribution < 1.29 is 14.6 Å². The van der Waals surface area contributed by atoms with E-state index in [-0.39, 0.29) is 18.2 Å². The first-order valence-electron chi connectivity index (χ1n) is 8.75. The van der Waals surface area contributed by atoms with Gasteiger partial charge in [-0.15, -0.1) is 0 Å². The van der Waals surface area contributed by atoms with Crippen molar-refractivity contribution in [2.75, 3.05) is 13.2 Å². The number of ether oxygens (including phenoxy) is 2. The molecule has 2 aromatic rings. The van der Waals surface area contributed by atoms with Crippen molar-refractivity contribution in [3.63, 3.8) is 0 Å². The SMILES string of the molecule is CC(C)CCNC1C2COC(O2)C(n2cnc3ccccc32)C1O. The fraction of sp³-hybridized carbons (Fsp3) is 0.611. The molecule has 2 saturated heterocycles. The number of nitrogens with zero attached hydrogens (tertiary/aromatic N) is 2. The minimum atomic E-state index is -0.582. The summed E-state index contributed by atoms with van der Waals surface area (Å²) in [4.78, 5) is 4.44. The zero-order chi connectivity index (χ0) is 16.7. The first-order valence-corrected chi connectivity index (χ1v) is 8.75. The lowest BCUT2D eigenvalue weighted by molar-refractivity contribution is -0.164. The van der Waals surface area contributed by atoms with E-state index < -0.39 is 12.4 Å². The Morgan fingerprint density at radius 1 is 1.38 bits per heavy atom. The molecule has 6 heteroatoms. The second-order valence-electron chi connectivity index (χ2n) is 7.16. The van der Waals surface area contributed by atoms with E-state index in [9.17, 15) is 5.11 Å². The molecule has 2 N–H and O–H groups in total. The molecule has 0 spiro atoms. The number of hydrogen-bond acceptors (Lipinski definition) is 5. The van der Waals surface area contributed by atoms with Crippen LogP contribution < -0.4 is 5.32 Å². The molecule has 0 amide bonds. The van der Waals surface area contributed by atoms with Crippen LogP contribution in [0.25, 0.3) is 11.0 Å². The van der Waals surface area contributed by atoms with E-state index in [1.54, 1.807) is 6.33 Å². The van der Waals surface area contributed by atoms with Gasteiger partial charge in [0.2, 0.25) is 0 Å². The molecule has 130 valence electrons. The molecule has 4 rings (SSSR count). The van der Waals surface area contributed by atoms with Crippen molar-refractivity contribution >= 4 is 11.0 Å². The topological polar surface area (TPSA) is 68.5 Å². The van der Waals surface area contributed by atoms with Crippen LogP contribution in [0.15, 0.2) is 30.6 Å². The molecule has 5 atom stereocenters. The number of benzene rings is 1. The summed E-state index contributed by atoms with van der Waals surface area (Å²) in [5.41, 5.74) is 1.90. The van der Waals surface area contributed by atoms with Gasteiger partial charge < -0.3 is 24.5 Å². The minimum Gasteiger partial charge on any atom is -0.389 e. The van der Waals surface area contributed by atoms with Crippen LogP contribution in [0.4, 0.5) is 0 Å². The average molecular weight is 331 g/mol. The van der Waals surface area contributed by atoms with E-state index >= 15 is 0 Å². The zero-order valence-corrected chi connectivity index (χ0v) is 14.1. The van der Waals surface area contributed by atoms with Gasteiger partial charge in [0, 0.05) is 0 Å². The highest BCUT2D eigenvalue weighted by atomic mass is 16.7. The molecule has 0 aliphatic carbocycles. The third kappa shape index (κ3) is 2.73. The molecular formula is C18H25N3O3. The van der Waals surface area contributed by atoms with Gasteiger partial charge in [0.25, 0.3) is 0 Å². The van der Waals surface area contributed by atoms with Crippen molar-refractivity contribution in [1.29, 1.82) is 0 Å². The molecule has 1 aromatic carbocycles. The quantitative estimate of drug-likeness (QED) is 0.873. The van der Waals surface area contributed by atoms with Crippen molar-refractivity contribution in [1.82, 2.24) is 14.9 Å². The van der Waals surface area contributed by atoms with Crippen LogP contribution in [0.3, 0.4) is 0 Å². The third-order valence-corrected chi connectivity index (χ3v) is 5.03. The number of nitrogens with one attached hydrogen (secondary N) is 1. The van der Waals surface area contributed by atoms with Crippen LogP contribution in [0.1, 0.15) is 26.3 Å². The summed E-state index contributed by atoms with van der Waals surface area (Å²) in [5, 5.41) is 14.5. The molecule has 1 aromatic heterocycles. The average Bonchev–Trinajstić information content (AvgIpc) is 3.17. The Kier molecular flexibility index (Phi) is 4.30. The number of hydrogen-bond donors (Lipinski definition) is 2. The summed E-state index contributed by atoms with van der Waals surface area (Å²) in [6, 6.07) is 7.50. The lowest BCUT2D eigenvalue weighted by Crippen LogP contribution is -2.57. The maximum absolute atomic E-state index is 11.0. The second-order valence-corrected chi connectivity index (χ2v) is 7.16. The third-order valence-electron chi connectivity index (χ3n) is 5.03. The van der Waals surface area contributed by atoms with E-state index in [0.717, 1.165) is 24.0 Å². The molecule has 2 fully saturated rings. The number of rotatable bonds is 5. The normalized spacial score (nSPS) is 32.8. The molecule has 0 saturated carbocycles. The molecule has 6 nitrogen and oxygen atoms in total. The fourth-order valence-electron chi connectivity index (χ4n) is 3.70. The summed E-state index contributed by atoms with van der Waals surface area (Å²) in [7, 11) is 0. The maximum Gasteiger partial charge on any atom is 0.181 e. The number of aliphatic hydroxyl groups excluding tert-OH is 1. The molecule has 2 bridgehead atoms. The molecule has 3 heterocycles. The van der Waals surface area contributed by atoms with Crippen molar-refractivity contribution in [3.8, 4) is 0 Å². The van der Waals surface area contributed by atoms with E-state index in [2.05, 4.69) is 24.1 Å². The fourth-order valence-corrected chi connectivity index (χ4v) is 3.70. The van der Waals surface area contributed by atoms with Crippen LogP contribution in [-0.2, 0) is 9.47 Å². The first kappa shape index (κ1) is 16.0. The number of para-hydroxylation sites is 2. The largest absolute Gasteiger partial charge is 0.389 e. The smallest absolute Gasteiger partial charge is 0.181 e. The van der Waals surface area contributed by atoms with Crippen LogP contribution in [-0.4, -0.2) is 52.3 Å². The highest BCUT2D eigenvalue weighted by molar-refractivity contribution is 5.75. The Bertz CT molecular complexity index is 702.